The lowest BCUT2D eigenvalue weighted by Gasteiger charge is -2.18. The molecule has 1 amide bonds. The van der Waals surface area contributed by atoms with Gasteiger partial charge in [-0.25, -0.2) is 4.98 Å². The molecule has 0 saturated heterocycles. The van der Waals surface area contributed by atoms with E-state index in [1.165, 1.54) is 18.2 Å². The molecule has 0 radical (unpaired) electrons. The molecule has 25 heavy (non-hydrogen) atoms. The highest BCUT2D eigenvalue weighted by Gasteiger charge is 2.41. The number of anilines is 1. The number of amides is 1. The molecular weight excluding hydrogens is 357 g/mol. The van der Waals surface area contributed by atoms with Crippen LogP contribution in [0.4, 0.5) is 18.9 Å². The van der Waals surface area contributed by atoms with Crippen LogP contribution >= 0.6 is 11.6 Å². The van der Waals surface area contributed by atoms with Crippen LogP contribution in [0.15, 0.2) is 40.8 Å². The summed E-state index contributed by atoms with van der Waals surface area (Å²) in [5, 5.41) is 0.552. The molecule has 0 N–H and O–H groups in total. The first-order valence-corrected chi connectivity index (χ1v) is 7.56. The minimum atomic E-state index is -4.95. The van der Waals surface area contributed by atoms with Crippen molar-refractivity contribution in [2.24, 2.45) is 0 Å². The van der Waals surface area contributed by atoms with Crippen molar-refractivity contribution in [1.29, 1.82) is 0 Å². The molecule has 4 nitrogen and oxygen atoms in total. The van der Waals surface area contributed by atoms with Gasteiger partial charge in [0.2, 0.25) is 5.89 Å². The first-order chi connectivity index (χ1) is 11.7. The maximum Gasteiger partial charge on any atom is 0.471 e. The molecule has 0 unspecified atom stereocenters. The first-order valence-electron chi connectivity index (χ1n) is 7.19. The number of fused-ring (bicyclic) bond motifs is 1. The van der Waals surface area contributed by atoms with Crippen LogP contribution in [0.3, 0.4) is 0 Å². The lowest BCUT2D eigenvalue weighted by Crippen LogP contribution is -2.38. The quantitative estimate of drug-likeness (QED) is 0.640. The fourth-order valence-corrected chi connectivity index (χ4v) is 2.46. The molecule has 8 heteroatoms. The molecule has 0 aliphatic rings. The van der Waals surface area contributed by atoms with Gasteiger partial charge in [0.15, 0.2) is 5.58 Å². The van der Waals surface area contributed by atoms with Crippen molar-refractivity contribution < 1.29 is 22.4 Å². The molecule has 2 aromatic carbocycles. The molecule has 1 heterocycles. The van der Waals surface area contributed by atoms with E-state index in [9.17, 15) is 18.0 Å². The summed E-state index contributed by atoms with van der Waals surface area (Å²) >= 11 is 6.09. The van der Waals surface area contributed by atoms with Crippen LogP contribution in [0, 0.1) is 6.92 Å². The summed E-state index contributed by atoms with van der Waals surface area (Å²) < 4.78 is 43.3. The molecule has 0 saturated carbocycles. The van der Waals surface area contributed by atoms with Gasteiger partial charge < -0.3 is 9.32 Å². The maximum atomic E-state index is 12.6. The standard InChI is InChI=1S/C17H12ClF3N2O2/c1-9-3-4-10(7-12(9)18)15-22-13-8-11(5-6-14(13)25-15)23(2)16(24)17(19,20)21/h3-8H,1-2H3. The Labute approximate surface area is 145 Å². The SMILES string of the molecule is Cc1ccc(-c2nc3cc(N(C)C(=O)C(F)(F)F)ccc3o2)cc1Cl. The van der Waals surface area contributed by atoms with E-state index >= 15 is 0 Å². The van der Waals surface area contributed by atoms with Gasteiger partial charge in [-0.3, -0.25) is 4.79 Å². The summed E-state index contributed by atoms with van der Waals surface area (Å²) in [5.74, 6) is -1.67. The lowest BCUT2D eigenvalue weighted by molar-refractivity contribution is -0.170. The molecular formula is C17H12ClF3N2O2. The van der Waals surface area contributed by atoms with E-state index in [0.717, 1.165) is 12.6 Å². The van der Waals surface area contributed by atoms with E-state index in [-0.39, 0.29) is 5.69 Å². The Morgan fingerprint density at radius 1 is 1.20 bits per heavy atom. The highest BCUT2D eigenvalue weighted by molar-refractivity contribution is 6.31. The average Bonchev–Trinajstić information content (AvgIpc) is 2.98. The highest BCUT2D eigenvalue weighted by atomic mass is 35.5. The average molecular weight is 369 g/mol. The van der Waals surface area contributed by atoms with E-state index in [0.29, 0.717) is 32.5 Å². The molecule has 1 aromatic heterocycles. The van der Waals surface area contributed by atoms with Gasteiger partial charge in [-0.1, -0.05) is 17.7 Å². The van der Waals surface area contributed by atoms with E-state index < -0.39 is 12.1 Å². The van der Waals surface area contributed by atoms with Crippen LogP contribution in [0.1, 0.15) is 5.56 Å². The van der Waals surface area contributed by atoms with Crippen LogP contribution in [-0.2, 0) is 4.79 Å². The predicted molar refractivity (Wildman–Crippen MR) is 88.7 cm³/mol. The van der Waals surface area contributed by atoms with Crippen molar-refractivity contribution in [2.45, 2.75) is 13.1 Å². The third-order valence-corrected chi connectivity index (χ3v) is 4.13. The largest absolute Gasteiger partial charge is 0.471 e. The van der Waals surface area contributed by atoms with Crippen LogP contribution < -0.4 is 4.90 Å². The number of rotatable bonds is 2. The van der Waals surface area contributed by atoms with Gasteiger partial charge in [0.25, 0.3) is 0 Å². The van der Waals surface area contributed by atoms with Gasteiger partial charge in [-0.2, -0.15) is 13.2 Å². The molecule has 0 aliphatic carbocycles. The van der Waals surface area contributed by atoms with Gasteiger partial charge >= 0.3 is 12.1 Å². The fourth-order valence-electron chi connectivity index (χ4n) is 2.28. The van der Waals surface area contributed by atoms with Gasteiger partial charge in [-0.05, 0) is 42.8 Å². The maximum absolute atomic E-state index is 12.6. The smallest absolute Gasteiger partial charge is 0.436 e. The number of benzene rings is 2. The monoisotopic (exact) mass is 368 g/mol. The molecule has 0 fully saturated rings. The van der Waals surface area contributed by atoms with Crippen LogP contribution in [0.2, 0.25) is 5.02 Å². The Kier molecular flexibility index (Phi) is 4.20. The molecule has 3 aromatic rings. The van der Waals surface area contributed by atoms with Crippen molar-refractivity contribution in [3.8, 4) is 11.5 Å². The molecule has 0 atom stereocenters. The van der Waals surface area contributed by atoms with Crippen LogP contribution in [0.25, 0.3) is 22.6 Å². The second-order valence-electron chi connectivity index (χ2n) is 5.50. The third-order valence-electron chi connectivity index (χ3n) is 3.72. The summed E-state index contributed by atoms with van der Waals surface area (Å²) in [5.41, 5.74) is 2.34. The van der Waals surface area contributed by atoms with Crippen molar-refractivity contribution in [1.82, 2.24) is 4.98 Å². The Bertz CT molecular complexity index is 966. The number of aromatic nitrogens is 1. The molecule has 130 valence electrons. The van der Waals surface area contributed by atoms with E-state index in [1.54, 1.807) is 12.1 Å². The zero-order valence-corrected chi connectivity index (χ0v) is 13.9. The second kappa shape index (κ2) is 6.07. The number of aryl methyl sites for hydroxylation is 1. The van der Waals surface area contributed by atoms with E-state index in [4.69, 9.17) is 16.0 Å². The van der Waals surface area contributed by atoms with E-state index in [2.05, 4.69) is 4.98 Å². The number of nitrogens with zero attached hydrogens (tertiary/aromatic N) is 2. The minimum Gasteiger partial charge on any atom is -0.436 e. The predicted octanol–water partition coefficient (Wildman–Crippen LogP) is 4.98. The fraction of sp³-hybridized carbons (Fsp3) is 0.176. The summed E-state index contributed by atoms with van der Waals surface area (Å²) in [6, 6.07) is 9.49. The molecule has 3 rings (SSSR count). The Hall–Kier alpha value is -2.54. The molecule has 0 bridgehead atoms. The highest BCUT2D eigenvalue weighted by Crippen LogP contribution is 2.30. The van der Waals surface area contributed by atoms with Crippen molar-refractivity contribution >= 4 is 34.3 Å². The van der Waals surface area contributed by atoms with Crippen molar-refractivity contribution in [3.05, 3.63) is 47.0 Å². The minimum absolute atomic E-state index is 0.0663. The number of alkyl halides is 3. The number of hydrogen-bond acceptors (Lipinski definition) is 3. The second-order valence-corrected chi connectivity index (χ2v) is 5.90. The topological polar surface area (TPSA) is 46.3 Å². The Balaban J connectivity index is 1.99. The number of carbonyl (C=O) groups excluding carboxylic acids is 1. The zero-order chi connectivity index (χ0) is 18.4. The number of halogens is 4. The summed E-state index contributed by atoms with van der Waals surface area (Å²) in [6.07, 6.45) is -4.95. The normalized spacial score (nSPS) is 11.8. The van der Waals surface area contributed by atoms with Crippen molar-refractivity contribution in [2.75, 3.05) is 11.9 Å². The zero-order valence-electron chi connectivity index (χ0n) is 13.2. The van der Waals surface area contributed by atoms with Gasteiger partial charge in [0.1, 0.15) is 5.52 Å². The van der Waals surface area contributed by atoms with Gasteiger partial charge in [0.05, 0.1) is 0 Å². The van der Waals surface area contributed by atoms with Crippen LogP contribution in [0.5, 0.6) is 0 Å². The van der Waals surface area contributed by atoms with Crippen LogP contribution in [-0.4, -0.2) is 24.1 Å². The number of hydrogen-bond donors (Lipinski definition) is 0. The first kappa shape index (κ1) is 17.3. The van der Waals surface area contributed by atoms with Gasteiger partial charge in [-0.15, -0.1) is 0 Å². The van der Waals surface area contributed by atoms with Crippen molar-refractivity contribution in [3.63, 3.8) is 0 Å². The molecule has 0 aliphatic heterocycles. The number of oxazole rings is 1. The summed E-state index contributed by atoms with van der Waals surface area (Å²) in [7, 11) is 1.05. The Morgan fingerprint density at radius 3 is 2.56 bits per heavy atom. The van der Waals surface area contributed by atoms with E-state index in [1.807, 2.05) is 13.0 Å². The number of carbonyl (C=O) groups is 1. The summed E-state index contributed by atoms with van der Waals surface area (Å²) in [4.78, 5) is 16.1. The Morgan fingerprint density at radius 2 is 1.92 bits per heavy atom. The lowest BCUT2D eigenvalue weighted by atomic mass is 10.1. The van der Waals surface area contributed by atoms with Gasteiger partial charge in [0, 0.05) is 23.3 Å². The molecule has 0 spiro atoms. The third kappa shape index (κ3) is 3.32. The summed E-state index contributed by atoms with van der Waals surface area (Å²) in [6.45, 7) is 1.86.